The Kier molecular flexibility index (Phi) is 2.87. The Morgan fingerprint density at radius 1 is 1.50 bits per heavy atom. The average Bonchev–Trinajstić information content (AvgIpc) is 2.16. The van der Waals surface area contributed by atoms with Crippen molar-refractivity contribution in [1.29, 1.82) is 0 Å². The molecule has 0 radical (unpaired) electrons. The molecule has 0 fully saturated rings. The van der Waals surface area contributed by atoms with E-state index in [9.17, 15) is 0 Å². The number of aliphatic hydroxyl groups excluding tert-OH is 1. The summed E-state index contributed by atoms with van der Waals surface area (Å²) in [4.78, 5) is 0. The Morgan fingerprint density at radius 2 is 2.17 bits per heavy atom. The fourth-order valence-corrected chi connectivity index (χ4v) is 1.05. The molecule has 62 valence electrons. The lowest BCUT2D eigenvalue weighted by Crippen LogP contribution is -2.15. The molecule has 3 N–H and O–H groups in total. The molecule has 2 nitrogen and oxygen atoms in total. The van der Waals surface area contributed by atoms with E-state index in [1.54, 1.807) is 0 Å². The normalized spacial score (nSPS) is 12.1. The van der Waals surface area contributed by atoms with E-state index in [2.05, 4.69) is 5.92 Å². The molecule has 0 heterocycles. The molecule has 0 aliphatic rings. The maximum Gasteiger partial charge on any atom is 0.0624 e. The van der Waals surface area contributed by atoms with Crippen LogP contribution in [0.3, 0.4) is 0 Å². The number of rotatable bonds is 2. The van der Waals surface area contributed by atoms with Crippen LogP contribution in [0.2, 0.25) is 0 Å². The van der Waals surface area contributed by atoms with E-state index in [4.69, 9.17) is 17.3 Å². The summed E-state index contributed by atoms with van der Waals surface area (Å²) in [5.74, 6) is 2.52. The van der Waals surface area contributed by atoms with Gasteiger partial charge >= 0.3 is 0 Å². The zero-order valence-corrected chi connectivity index (χ0v) is 6.70. The second-order valence-electron chi connectivity index (χ2n) is 2.52. The van der Waals surface area contributed by atoms with Crippen molar-refractivity contribution in [1.82, 2.24) is 0 Å². The van der Waals surface area contributed by atoms with E-state index in [0.717, 1.165) is 11.1 Å². The summed E-state index contributed by atoms with van der Waals surface area (Å²) in [5, 5.41) is 8.81. The van der Waals surface area contributed by atoms with Crippen LogP contribution in [0.1, 0.15) is 17.2 Å². The van der Waals surface area contributed by atoms with Crippen molar-refractivity contribution in [3.05, 3.63) is 35.4 Å². The van der Waals surface area contributed by atoms with E-state index < -0.39 is 0 Å². The maximum atomic E-state index is 8.81. The predicted molar refractivity (Wildman–Crippen MR) is 48.4 cm³/mol. The molecule has 0 saturated heterocycles. The first-order chi connectivity index (χ1) is 5.79. The summed E-state index contributed by atoms with van der Waals surface area (Å²) in [6.07, 6.45) is 5.26. The summed E-state index contributed by atoms with van der Waals surface area (Å²) in [5.41, 5.74) is 7.20. The SMILES string of the molecule is C#Cc1ccccc1[C@@H](N)CO. The van der Waals surface area contributed by atoms with Gasteiger partial charge in [-0.2, -0.15) is 0 Å². The maximum absolute atomic E-state index is 8.81. The molecule has 0 aliphatic carbocycles. The Bertz CT molecular complexity index is 301. The second kappa shape index (κ2) is 3.91. The van der Waals surface area contributed by atoms with Crippen molar-refractivity contribution in [3.63, 3.8) is 0 Å². The first kappa shape index (κ1) is 8.79. The van der Waals surface area contributed by atoms with E-state index in [1.165, 1.54) is 0 Å². The molecule has 1 aromatic rings. The van der Waals surface area contributed by atoms with Crippen molar-refractivity contribution < 1.29 is 5.11 Å². The number of benzene rings is 1. The standard InChI is InChI=1S/C10H11NO/c1-2-8-5-3-4-6-9(8)10(11)7-12/h1,3-6,10,12H,7,11H2/t10-/m0/s1. The molecule has 0 bridgehead atoms. The summed E-state index contributed by atoms with van der Waals surface area (Å²) in [7, 11) is 0. The largest absolute Gasteiger partial charge is 0.394 e. The number of terminal acetylenes is 1. The second-order valence-corrected chi connectivity index (χ2v) is 2.52. The van der Waals surface area contributed by atoms with Crippen LogP contribution in [0, 0.1) is 12.3 Å². The lowest BCUT2D eigenvalue weighted by Gasteiger charge is -2.09. The minimum Gasteiger partial charge on any atom is -0.394 e. The molecule has 1 rings (SSSR count). The Hall–Kier alpha value is -1.30. The van der Waals surface area contributed by atoms with Gasteiger partial charge in [-0.1, -0.05) is 24.1 Å². The van der Waals surface area contributed by atoms with Crippen LogP contribution in [0.4, 0.5) is 0 Å². The van der Waals surface area contributed by atoms with Gasteiger partial charge in [0, 0.05) is 5.56 Å². The van der Waals surface area contributed by atoms with Crippen LogP contribution in [0.25, 0.3) is 0 Å². The third kappa shape index (κ3) is 1.65. The minimum atomic E-state index is -0.378. The third-order valence-electron chi connectivity index (χ3n) is 1.71. The average molecular weight is 161 g/mol. The van der Waals surface area contributed by atoms with Crippen molar-refractivity contribution in [2.75, 3.05) is 6.61 Å². The van der Waals surface area contributed by atoms with Crippen LogP contribution in [0.15, 0.2) is 24.3 Å². The van der Waals surface area contributed by atoms with Gasteiger partial charge in [-0.25, -0.2) is 0 Å². The summed E-state index contributed by atoms with van der Waals surface area (Å²) in [6.45, 7) is -0.0846. The van der Waals surface area contributed by atoms with Crippen LogP contribution in [-0.2, 0) is 0 Å². The molecule has 1 atom stereocenters. The molecule has 0 saturated carbocycles. The molecule has 1 aromatic carbocycles. The lowest BCUT2D eigenvalue weighted by molar-refractivity contribution is 0.268. The summed E-state index contributed by atoms with van der Waals surface area (Å²) in [6, 6.07) is 6.97. The zero-order chi connectivity index (χ0) is 8.97. The Balaban J connectivity index is 3.07. The smallest absolute Gasteiger partial charge is 0.0624 e. The fraction of sp³-hybridized carbons (Fsp3) is 0.200. The molecule has 12 heavy (non-hydrogen) atoms. The highest BCUT2D eigenvalue weighted by molar-refractivity contribution is 5.41. The van der Waals surface area contributed by atoms with Gasteiger partial charge in [0.05, 0.1) is 12.6 Å². The van der Waals surface area contributed by atoms with Crippen molar-refractivity contribution in [2.45, 2.75) is 6.04 Å². The Morgan fingerprint density at radius 3 is 2.75 bits per heavy atom. The summed E-state index contributed by atoms with van der Waals surface area (Å²) >= 11 is 0. The molecule has 0 unspecified atom stereocenters. The van der Waals surface area contributed by atoms with Crippen LogP contribution >= 0.6 is 0 Å². The molecule has 2 heteroatoms. The van der Waals surface area contributed by atoms with Gasteiger partial charge in [-0.05, 0) is 11.6 Å². The predicted octanol–water partition coefficient (Wildman–Crippen LogP) is 0.660. The van der Waals surface area contributed by atoms with Crippen LogP contribution in [-0.4, -0.2) is 11.7 Å². The quantitative estimate of drug-likeness (QED) is 0.626. The van der Waals surface area contributed by atoms with E-state index in [1.807, 2.05) is 24.3 Å². The first-order valence-electron chi connectivity index (χ1n) is 3.71. The van der Waals surface area contributed by atoms with Gasteiger partial charge in [0.2, 0.25) is 0 Å². The van der Waals surface area contributed by atoms with E-state index in [-0.39, 0.29) is 12.6 Å². The number of aliphatic hydroxyl groups is 1. The van der Waals surface area contributed by atoms with Crippen LogP contribution in [0.5, 0.6) is 0 Å². The third-order valence-corrected chi connectivity index (χ3v) is 1.71. The lowest BCUT2D eigenvalue weighted by atomic mass is 10.0. The van der Waals surface area contributed by atoms with Gasteiger partial charge in [0.15, 0.2) is 0 Å². The molecule has 0 aromatic heterocycles. The molecular weight excluding hydrogens is 150 g/mol. The van der Waals surface area contributed by atoms with Gasteiger partial charge < -0.3 is 10.8 Å². The monoisotopic (exact) mass is 161 g/mol. The molecule has 0 spiro atoms. The van der Waals surface area contributed by atoms with Gasteiger partial charge in [0.1, 0.15) is 0 Å². The Labute approximate surface area is 72.0 Å². The highest BCUT2D eigenvalue weighted by Crippen LogP contribution is 2.14. The first-order valence-corrected chi connectivity index (χ1v) is 3.71. The van der Waals surface area contributed by atoms with E-state index >= 15 is 0 Å². The van der Waals surface area contributed by atoms with Gasteiger partial charge in [0.25, 0.3) is 0 Å². The molecule has 0 aliphatic heterocycles. The van der Waals surface area contributed by atoms with Crippen LogP contribution < -0.4 is 5.73 Å². The van der Waals surface area contributed by atoms with E-state index in [0.29, 0.717) is 0 Å². The van der Waals surface area contributed by atoms with Crippen molar-refractivity contribution in [2.24, 2.45) is 5.73 Å². The number of hydrogen-bond acceptors (Lipinski definition) is 2. The number of hydrogen-bond donors (Lipinski definition) is 2. The fourth-order valence-electron chi connectivity index (χ4n) is 1.05. The highest BCUT2D eigenvalue weighted by atomic mass is 16.3. The van der Waals surface area contributed by atoms with Crippen molar-refractivity contribution in [3.8, 4) is 12.3 Å². The highest BCUT2D eigenvalue weighted by Gasteiger charge is 2.06. The number of nitrogens with two attached hydrogens (primary N) is 1. The van der Waals surface area contributed by atoms with Gasteiger partial charge in [-0.15, -0.1) is 6.42 Å². The van der Waals surface area contributed by atoms with Crippen molar-refractivity contribution >= 4 is 0 Å². The van der Waals surface area contributed by atoms with Gasteiger partial charge in [-0.3, -0.25) is 0 Å². The topological polar surface area (TPSA) is 46.2 Å². The molecule has 0 amide bonds. The minimum absolute atomic E-state index is 0.0846. The molecular formula is C10H11NO. The summed E-state index contributed by atoms with van der Waals surface area (Å²) < 4.78 is 0. The zero-order valence-electron chi connectivity index (χ0n) is 6.70.